The van der Waals surface area contributed by atoms with Crippen molar-refractivity contribution in [3.63, 3.8) is 0 Å². The first kappa shape index (κ1) is 20.4. The zero-order valence-electron chi connectivity index (χ0n) is 17.7. The molecule has 0 unspecified atom stereocenters. The summed E-state index contributed by atoms with van der Waals surface area (Å²) in [6.07, 6.45) is 0. The molecule has 0 aliphatic carbocycles. The van der Waals surface area contributed by atoms with Gasteiger partial charge >= 0.3 is 0 Å². The second-order valence-corrected chi connectivity index (χ2v) is 7.73. The number of benzene rings is 2. The van der Waals surface area contributed by atoms with E-state index in [1.165, 1.54) is 12.1 Å². The predicted octanol–water partition coefficient (Wildman–Crippen LogP) is 3.21. The molecule has 3 aromatic rings. The second-order valence-electron chi connectivity index (χ2n) is 7.73. The first-order valence-electron chi connectivity index (χ1n) is 10.0. The number of hydrogen-bond donors (Lipinski definition) is 0. The summed E-state index contributed by atoms with van der Waals surface area (Å²) in [6, 6.07) is 11.0. The summed E-state index contributed by atoms with van der Waals surface area (Å²) in [4.78, 5) is 50.0. The number of ketones is 1. The zero-order valence-corrected chi connectivity index (χ0v) is 17.7. The number of ether oxygens (including phenoxy) is 2. The topological polar surface area (TPSA) is 121 Å². The van der Waals surface area contributed by atoms with Crippen molar-refractivity contribution in [1.82, 2.24) is 9.47 Å². The Morgan fingerprint density at radius 3 is 2.58 bits per heavy atom. The van der Waals surface area contributed by atoms with Gasteiger partial charge in [0.15, 0.2) is 17.3 Å². The van der Waals surface area contributed by atoms with Gasteiger partial charge < -0.3 is 14.0 Å². The largest absolute Gasteiger partial charge is 0.454 e. The number of nitrogens with zero attached hydrogens (tertiary/aromatic N) is 3. The number of rotatable bonds is 5. The molecule has 0 bridgehead atoms. The highest BCUT2D eigenvalue weighted by molar-refractivity contribution is 6.24. The Labute approximate surface area is 187 Å². The van der Waals surface area contributed by atoms with Crippen LogP contribution in [-0.4, -0.2) is 45.3 Å². The Morgan fingerprint density at radius 1 is 1.06 bits per heavy atom. The van der Waals surface area contributed by atoms with E-state index in [0.29, 0.717) is 22.8 Å². The Hall–Kier alpha value is -4.47. The van der Waals surface area contributed by atoms with Gasteiger partial charge in [0.2, 0.25) is 6.79 Å². The zero-order chi connectivity index (χ0) is 23.4. The Kier molecular flexibility index (Phi) is 4.52. The molecule has 3 heterocycles. The maximum atomic E-state index is 13.1. The Bertz CT molecular complexity index is 1390. The van der Waals surface area contributed by atoms with Crippen molar-refractivity contribution >= 4 is 23.3 Å². The molecule has 2 aliphatic heterocycles. The Balaban J connectivity index is 1.45. The van der Waals surface area contributed by atoms with Crippen LogP contribution in [0.2, 0.25) is 0 Å². The summed E-state index contributed by atoms with van der Waals surface area (Å²) in [5, 5.41) is 11.3. The molecule has 0 spiro atoms. The van der Waals surface area contributed by atoms with Crippen molar-refractivity contribution in [3.8, 4) is 17.2 Å². The standard InChI is InChI=1S/C23H17N3O7/c1-12-8-16(13(2)25(12)14-6-7-19-20(9-14)33-11-32-19)18(27)10-24-22(28)15-4-3-5-17(26(30)31)21(15)23(24)29/h3-9H,10-11H2,1-2H3. The molecule has 0 fully saturated rings. The fourth-order valence-electron chi connectivity index (χ4n) is 4.31. The first-order valence-corrected chi connectivity index (χ1v) is 10.0. The lowest BCUT2D eigenvalue weighted by Gasteiger charge is -2.13. The third-order valence-electron chi connectivity index (χ3n) is 5.82. The average molecular weight is 447 g/mol. The van der Waals surface area contributed by atoms with E-state index >= 15 is 0 Å². The van der Waals surface area contributed by atoms with Crippen molar-refractivity contribution in [1.29, 1.82) is 0 Å². The van der Waals surface area contributed by atoms with Crippen LogP contribution in [0.4, 0.5) is 5.69 Å². The van der Waals surface area contributed by atoms with Gasteiger partial charge in [0.1, 0.15) is 5.56 Å². The maximum absolute atomic E-state index is 13.1. The van der Waals surface area contributed by atoms with Crippen molar-refractivity contribution in [2.45, 2.75) is 13.8 Å². The van der Waals surface area contributed by atoms with Gasteiger partial charge in [0, 0.05) is 34.8 Å². The Morgan fingerprint density at radius 2 is 1.82 bits per heavy atom. The van der Waals surface area contributed by atoms with Gasteiger partial charge in [-0.3, -0.25) is 29.4 Å². The van der Waals surface area contributed by atoms with E-state index in [9.17, 15) is 24.5 Å². The van der Waals surface area contributed by atoms with Gasteiger partial charge in [-0.25, -0.2) is 0 Å². The molecule has 0 radical (unpaired) electrons. The number of imide groups is 1. The third kappa shape index (κ3) is 3.06. The molecule has 10 nitrogen and oxygen atoms in total. The summed E-state index contributed by atoms with van der Waals surface area (Å²) in [5.41, 5.74) is 1.69. The molecule has 2 amide bonds. The minimum Gasteiger partial charge on any atom is -0.454 e. The molecule has 166 valence electrons. The normalized spacial score (nSPS) is 14.1. The van der Waals surface area contributed by atoms with Gasteiger partial charge in [-0.15, -0.1) is 0 Å². The van der Waals surface area contributed by atoms with Crippen LogP contribution in [0.3, 0.4) is 0 Å². The highest BCUT2D eigenvalue weighted by Crippen LogP contribution is 2.35. The predicted molar refractivity (Wildman–Crippen MR) is 114 cm³/mol. The van der Waals surface area contributed by atoms with E-state index in [1.54, 1.807) is 25.1 Å². The fourth-order valence-corrected chi connectivity index (χ4v) is 4.31. The van der Waals surface area contributed by atoms with E-state index in [4.69, 9.17) is 9.47 Å². The number of hydrogen-bond acceptors (Lipinski definition) is 7. The molecule has 0 saturated carbocycles. The summed E-state index contributed by atoms with van der Waals surface area (Å²) in [6.45, 7) is 3.22. The number of aryl methyl sites for hydroxylation is 1. The van der Waals surface area contributed by atoms with Crippen LogP contribution in [0.5, 0.6) is 11.5 Å². The van der Waals surface area contributed by atoms with E-state index in [0.717, 1.165) is 22.3 Å². The maximum Gasteiger partial charge on any atom is 0.282 e. The second kappa shape index (κ2) is 7.30. The fraction of sp³-hybridized carbons (Fsp3) is 0.174. The number of carbonyl (C=O) groups excluding carboxylic acids is 3. The lowest BCUT2D eigenvalue weighted by atomic mass is 10.1. The van der Waals surface area contributed by atoms with Crippen LogP contribution in [0, 0.1) is 24.0 Å². The van der Waals surface area contributed by atoms with Crippen molar-refractivity contribution in [3.05, 3.63) is 80.7 Å². The highest BCUT2D eigenvalue weighted by atomic mass is 16.7. The minimum atomic E-state index is -0.847. The van der Waals surface area contributed by atoms with Gasteiger partial charge in [0.05, 0.1) is 17.0 Å². The SMILES string of the molecule is Cc1cc(C(=O)CN2C(=O)c3cccc([N+](=O)[O-])c3C2=O)c(C)n1-c1ccc2c(c1)OCO2. The smallest absolute Gasteiger partial charge is 0.282 e. The number of amides is 2. The molecular weight excluding hydrogens is 430 g/mol. The summed E-state index contributed by atoms with van der Waals surface area (Å²) < 4.78 is 12.6. The van der Waals surface area contributed by atoms with E-state index in [1.807, 2.05) is 17.6 Å². The van der Waals surface area contributed by atoms with E-state index < -0.39 is 34.8 Å². The summed E-state index contributed by atoms with van der Waals surface area (Å²) in [5.74, 6) is -0.790. The van der Waals surface area contributed by atoms with Gasteiger partial charge in [-0.05, 0) is 38.1 Å². The number of fused-ring (bicyclic) bond motifs is 2. The monoisotopic (exact) mass is 447 g/mol. The molecule has 0 atom stereocenters. The lowest BCUT2D eigenvalue weighted by Crippen LogP contribution is -2.35. The first-order chi connectivity index (χ1) is 15.8. The minimum absolute atomic E-state index is 0.0761. The molecule has 0 N–H and O–H groups in total. The number of nitro benzene ring substituents is 1. The van der Waals surface area contributed by atoms with Crippen molar-refractivity contribution in [2.75, 3.05) is 13.3 Å². The molecule has 2 aromatic carbocycles. The molecule has 5 rings (SSSR count). The number of aromatic nitrogens is 1. The van der Waals surface area contributed by atoms with Crippen LogP contribution in [0.15, 0.2) is 42.5 Å². The average Bonchev–Trinajstić information content (AvgIpc) is 3.44. The van der Waals surface area contributed by atoms with Crippen molar-refractivity contribution < 1.29 is 28.8 Å². The van der Waals surface area contributed by atoms with Crippen LogP contribution < -0.4 is 9.47 Å². The molecule has 10 heteroatoms. The molecule has 33 heavy (non-hydrogen) atoms. The van der Waals surface area contributed by atoms with E-state index in [2.05, 4.69) is 0 Å². The molecule has 1 aromatic heterocycles. The quantitative estimate of drug-likeness (QED) is 0.255. The molecule has 0 saturated heterocycles. The van der Waals surface area contributed by atoms with Crippen molar-refractivity contribution in [2.24, 2.45) is 0 Å². The van der Waals surface area contributed by atoms with Gasteiger partial charge in [-0.2, -0.15) is 0 Å². The summed E-state index contributed by atoms with van der Waals surface area (Å²) >= 11 is 0. The third-order valence-corrected chi connectivity index (χ3v) is 5.82. The number of Topliss-reactive ketones (excluding diaryl/α,β-unsaturated/α-hetero) is 1. The lowest BCUT2D eigenvalue weighted by molar-refractivity contribution is -0.385. The molecule has 2 aliphatic rings. The number of carbonyl (C=O) groups is 3. The van der Waals surface area contributed by atoms with Crippen LogP contribution in [-0.2, 0) is 0 Å². The highest BCUT2D eigenvalue weighted by Gasteiger charge is 2.42. The van der Waals surface area contributed by atoms with Crippen LogP contribution in [0.25, 0.3) is 5.69 Å². The van der Waals surface area contributed by atoms with Crippen LogP contribution >= 0.6 is 0 Å². The number of nitro groups is 1. The van der Waals surface area contributed by atoms with Crippen LogP contribution in [0.1, 0.15) is 42.5 Å². The molecular formula is C23H17N3O7. The summed E-state index contributed by atoms with van der Waals surface area (Å²) in [7, 11) is 0. The van der Waals surface area contributed by atoms with Gasteiger partial charge in [-0.1, -0.05) is 6.07 Å². The van der Waals surface area contributed by atoms with Gasteiger partial charge in [0.25, 0.3) is 17.5 Å². The van der Waals surface area contributed by atoms with E-state index in [-0.39, 0.29) is 17.9 Å².